The second-order valence-corrected chi connectivity index (χ2v) is 6.54. The average molecular weight is 400 g/mol. The maximum Gasteiger partial charge on any atom is 0.250 e. The van der Waals surface area contributed by atoms with Crippen LogP contribution in [0.2, 0.25) is 0 Å². The molecule has 2 heterocycles. The van der Waals surface area contributed by atoms with Gasteiger partial charge in [-0.25, -0.2) is 4.98 Å². The van der Waals surface area contributed by atoms with Crippen LogP contribution in [0.15, 0.2) is 83.6 Å². The second-order valence-electron chi connectivity index (χ2n) is 6.13. The second kappa shape index (κ2) is 8.45. The van der Waals surface area contributed by atoms with E-state index in [1.807, 2.05) is 42.5 Å². The van der Waals surface area contributed by atoms with Crippen LogP contribution in [0.1, 0.15) is 5.56 Å². The van der Waals surface area contributed by atoms with Crippen LogP contribution in [0.4, 0.5) is 5.69 Å². The molecule has 142 valence electrons. The first-order chi connectivity index (χ1) is 14.2. The zero-order valence-electron chi connectivity index (χ0n) is 15.2. The van der Waals surface area contributed by atoms with Gasteiger partial charge in [0.15, 0.2) is 10.7 Å². The van der Waals surface area contributed by atoms with Gasteiger partial charge in [0.05, 0.1) is 5.56 Å². The number of carbonyl (C=O) groups is 1. The van der Waals surface area contributed by atoms with E-state index in [0.29, 0.717) is 22.7 Å². The molecule has 4 rings (SSSR count). The van der Waals surface area contributed by atoms with Crippen molar-refractivity contribution in [1.82, 2.24) is 15.3 Å². The van der Waals surface area contributed by atoms with Gasteiger partial charge in [-0.1, -0.05) is 30.3 Å². The monoisotopic (exact) mass is 400 g/mol. The number of rotatable bonds is 4. The number of thiocarbonyl (C=S) groups is 1. The molecule has 0 bridgehead atoms. The lowest BCUT2D eigenvalue weighted by Gasteiger charge is -2.07. The Labute approximate surface area is 172 Å². The Morgan fingerprint density at radius 3 is 2.72 bits per heavy atom. The largest absolute Gasteiger partial charge is 0.436 e. The molecule has 2 aromatic heterocycles. The number of anilines is 1. The third kappa shape index (κ3) is 4.72. The molecule has 7 heteroatoms. The number of nitrogens with one attached hydrogen (secondary N) is 2. The summed E-state index contributed by atoms with van der Waals surface area (Å²) in [4.78, 5) is 20.6. The van der Waals surface area contributed by atoms with Crippen molar-refractivity contribution in [3.8, 4) is 11.5 Å². The number of fused-ring (bicyclic) bond motifs is 1. The average Bonchev–Trinajstić information content (AvgIpc) is 3.17. The number of benzene rings is 2. The normalized spacial score (nSPS) is 10.9. The van der Waals surface area contributed by atoms with Gasteiger partial charge in [-0.2, -0.15) is 0 Å². The third-order valence-corrected chi connectivity index (χ3v) is 4.22. The van der Waals surface area contributed by atoms with Gasteiger partial charge in [-0.3, -0.25) is 15.1 Å². The van der Waals surface area contributed by atoms with E-state index >= 15 is 0 Å². The van der Waals surface area contributed by atoms with Crippen LogP contribution in [-0.2, 0) is 4.79 Å². The fourth-order valence-electron chi connectivity index (χ4n) is 2.67. The molecule has 0 saturated carbocycles. The zero-order chi connectivity index (χ0) is 20.1. The van der Waals surface area contributed by atoms with Gasteiger partial charge < -0.3 is 9.73 Å². The predicted octanol–water partition coefficient (Wildman–Crippen LogP) is 4.42. The van der Waals surface area contributed by atoms with Crippen molar-refractivity contribution in [2.75, 3.05) is 5.32 Å². The lowest BCUT2D eigenvalue weighted by atomic mass is 10.2. The van der Waals surface area contributed by atoms with Gasteiger partial charge >= 0.3 is 0 Å². The molecule has 0 atom stereocenters. The van der Waals surface area contributed by atoms with Crippen molar-refractivity contribution < 1.29 is 9.21 Å². The summed E-state index contributed by atoms with van der Waals surface area (Å²) in [5.41, 5.74) is 3.75. The Morgan fingerprint density at radius 1 is 1.07 bits per heavy atom. The van der Waals surface area contributed by atoms with Crippen LogP contribution < -0.4 is 10.6 Å². The van der Waals surface area contributed by atoms with E-state index in [1.165, 1.54) is 6.08 Å². The zero-order valence-corrected chi connectivity index (χ0v) is 16.0. The van der Waals surface area contributed by atoms with Gasteiger partial charge in [-0.15, -0.1) is 0 Å². The minimum atomic E-state index is -0.312. The number of aromatic nitrogens is 2. The molecule has 0 aliphatic heterocycles. The van der Waals surface area contributed by atoms with E-state index in [4.69, 9.17) is 16.6 Å². The fraction of sp³-hybridized carbons (Fsp3) is 0. The maximum atomic E-state index is 12.0. The number of pyridine rings is 1. The molecule has 1 amide bonds. The molecule has 0 aliphatic carbocycles. The van der Waals surface area contributed by atoms with E-state index in [1.54, 1.807) is 36.7 Å². The lowest BCUT2D eigenvalue weighted by molar-refractivity contribution is -0.115. The standard InChI is InChI=1S/C22H16N4O2S/c27-20(11-8-15-5-2-1-3-6-15)26-22(29)24-17-9-10-19-18(13-17)25-21(28-19)16-7-4-12-23-14-16/h1-14H,(H2,24,26,27,29). The summed E-state index contributed by atoms with van der Waals surface area (Å²) >= 11 is 5.22. The summed E-state index contributed by atoms with van der Waals surface area (Å²) in [6.45, 7) is 0. The topological polar surface area (TPSA) is 80.0 Å². The molecular weight excluding hydrogens is 384 g/mol. The highest BCUT2D eigenvalue weighted by Gasteiger charge is 2.09. The SMILES string of the molecule is O=C(C=Cc1ccccc1)NC(=S)Nc1ccc2oc(-c3cccnc3)nc2c1. The van der Waals surface area contributed by atoms with Crippen LogP contribution in [0.25, 0.3) is 28.6 Å². The van der Waals surface area contributed by atoms with Crippen molar-refractivity contribution in [2.24, 2.45) is 0 Å². The van der Waals surface area contributed by atoms with E-state index in [0.717, 1.165) is 11.1 Å². The molecule has 0 fully saturated rings. The van der Waals surface area contributed by atoms with Crippen molar-refractivity contribution in [1.29, 1.82) is 0 Å². The Morgan fingerprint density at radius 2 is 1.93 bits per heavy atom. The smallest absolute Gasteiger partial charge is 0.250 e. The van der Waals surface area contributed by atoms with Gasteiger partial charge in [0, 0.05) is 24.2 Å². The quantitative estimate of drug-likeness (QED) is 0.390. The predicted molar refractivity (Wildman–Crippen MR) is 117 cm³/mol. The van der Waals surface area contributed by atoms with Gasteiger partial charge in [0.1, 0.15) is 5.52 Å². The third-order valence-electron chi connectivity index (χ3n) is 4.02. The molecule has 29 heavy (non-hydrogen) atoms. The number of hydrogen-bond acceptors (Lipinski definition) is 5. The van der Waals surface area contributed by atoms with Crippen molar-refractivity contribution >= 4 is 46.1 Å². The summed E-state index contributed by atoms with van der Waals surface area (Å²) in [5.74, 6) is 0.180. The highest BCUT2D eigenvalue weighted by Crippen LogP contribution is 2.25. The Bertz CT molecular complexity index is 1190. The first-order valence-electron chi connectivity index (χ1n) is 8.83. The Hall–Kier alpha value is -3.84. The molecule has 0 saturated heterocycles. The van der Waals surface area contributed by atoms with Crippen molar-refractivity contribution in [2.45, 2.75) is 0 Å². The first-order valence-corrected chi connectivity index (χ1v) is 9.24. The van der Waals surface area contributed by atoms with Gasteiger partial charge in [-0.05, 0) is 54.2 Å². The van der Waals surface area contributed by atoms with Crippen LogP contribution >= 0.6 is 12.2 Å². The Balaban J connectivity index is 1.41. The number of amides is 1. The molecule has 0 unspecified atom stereocenters. The summed E-state index contributed by atoms with van der Waals surface area (Å²) < 4.78 is 5.76. The highest BCUT2D eigenvalue weighted by molar-refractivity contribution is 7.80. The summed E-state index contributed by atoms with van der Waals surface area (Å²) in [5, 5.41) is 5.80. The maximum absolute atomic E-state index is 12.0. The number of carbonyl (C=O) groups excluding carboxylic acids is 1. The van der Waals surface area contributed by atoms with E-state index in [-0.39, 0.29) is 11.0 Å². The molecule has 0 radical (unpaired) electrons. The molecular formula is C22H16N4O2S. The number of hydrogen-bond donors (Lipinski definition) is 2. The van der Waals surface area contributed by atoms with Crippen molar-refractivity contribution in [3.63, 3.8) is 0 Å². The van der Waals surface area contributed by atoms with Crippen LogP contribution in [-0.4, -0.2) is 21.0 Å². The summed E-state index contributed by atoms with van der Waals surface area (Å²) in [7, 11) is 0. The van der Waals surface area contributed by atoms with E-state index in [9.17, 15) is 4.79 Å². The highest BCUT2D eigenvalue weighted by atomic mass is 32.1. The van der Waals surface area contributed by atoms with Crippen LogP contribution in [0.5, 0.6) is 0 Å². The molecule has 2 aromatic carbocycles. The minimum absolute atomic E-state index is 0.197. The van der Waals surface area contributed by atoms with Gasteiger partial charge in [0.25, 0.3) is 0 Å². The first kappa shape index (κ1) is 18.5. The van der Waals surface area contributed by atoms with Crippen LogP contribution in [0, 0.1) is 0 Å². The molecule has 4 aromatic rings. The number of nitrogens with zero attached hydrogens (tertiary/aromatic N) is 2. The summed E-state index contributed by atoms with van der Waals surface area (Å²) in [6.07, 6.45) is 6.54. The van der Waals surface area contributed by atoms with Crippen molar-refractivity contribution in [3.05, 3.63) is 84.7 Å². The minimum Gasteiger partial charge on any atom is -0.436 e. The fourth-order valence-corrected chi connectivity index (χ4v) is 2.89. The van der Waals surface area contributed by atoms with Crippen LogP contribution in [0.3, 0.4) is 0 Å². The van der Waals surface area contributed by atoms with Gasteiger partial charge in [0.2, 0.25) is 11.8 Å². The summed E-state index contributed by atoms with van der Waals surface area (Å²) in [6, 6.07) is 18.7. The molecule has 0 aliphatic rings. The van der Waals surface area contributed by atoms with E-state index < -0.39 is 0 Å². The molecule has 2 N–H and O–H groups in total. The number of oxazole rings is 1. The molecule has 0 spiro atoms. The lowest BCUT2D eigenvalue weighted by Crippen LogP contribution is -2.32. The molecule has 6 nitrogen and oxygen atoms in total. The Kier molecular flexibility index (Phi) is 5.40. The van der Waals surface area contributed by atoms with E-state index in [2.05, 4.69) is 20.6 Å².